The Morgan fingerprint density at radius 3 is 2.59 bits per heavy atom. The summed E-state index contributed by atoms with van der Waals surface area (Å²) >= 11 is 1.47. The molecule has 7 nitrogen and oxygen atoms in total. The molecule has 2 aliphatic rings. The molecule has 1 amide bonds. The van der Waals surface area contributed by atoms with Gasteiger partial charge in [-0.3, -0.25) is 14.0 Å². The number of fused-ring (bicyclic) bond motifs is 2. The number of thiazole rings is 1. The summed E-state index contributed by atoms with van der Waals surface area (Å²) < 4.78 is 35.4. The van der Waals surface area contributed by atoms with Crippen LogP contribution in [0.1, 0.15) is 35.2 Å². The molecule has 4 aromatic rings. The summed E-state index contributed by atoms with van der Waals surface area (Å²) in [6.45, 7) is 1.54. The van der Waals surface area contributed by atoms with Crippen molar-refractivity contribution < 1.29 is 17.9 Å². The molecule has 1 aromatic heterocycles. The molecule has 1 saturated heterocycles. The molecule has 0 saturated carbocycles. The van der Waals surface area contributed by atoms with Crippen LogP contribution in [-0.4, -0.2) is 45.1 Å². The molecule has 1 fully saturated rings. The second kappa shape index (κ2) is 9.89. The first-order valence-corrected chi connectivity index (χ1v) is 14.8. The molecule has 9 heteroatoms. The Morgan fingerprint density at radius 2 is 1.81 bits per heavy atom. The van der Waals surface area contributed by atoms with Crippen LogP contribution in [0.2, 0.25) is 0 Å². The molecule has 0 bridgehead atoms. The van der Waals surface area contributed by atoms with E-state index in [0.717, 1.165) is 47.2 Å². The summed E-state index contributed by atoms with van der Waals surface area (Å²) in [6, 6.07) is 21.7. The molecule has 3 heterocycles. The molecule has 0 N–H and O–H groups in total. The monoisotopic (exact) mass is 533 g/mol. The number of hydrogen-bond acceptors (Lipinski definition) is 6. The molecular weight excluding hydrogens is 506 g/mol. The third kappa shape index (κ3) is 4.63. The topological polar surface area (TPSA) is 79.8 Å². The highest BCUT2D eigenvalue weighted by Gasteiger charge is 2.30. The van der Waals surface area contributed by atoms with Gasteiger partial charge in [0.2, 0.25) is 0 Å². The van der Waals surface area contributed by atoms with Gasteiger partial charge in [0.1, 0.15) is 0 Å². The number of carbonyl (C=O) groups excluding carboxylic acids is 1. The van der Waals surface area contributed by atoms with E-state index >= 15 is 0 Å². The minimum Gasteiger partial charge on any atom is -0.376 e. The molecule has 0 radical (unpaired) electrons. The third-order valence-electron chi connectivity index (χ3n) is 6.93. The first kappa shape index (κ1) is 24.1. The maximum atomic E-state index is 13.7. The lowest BCUT2D eigenvalue weighted by molar-refractivity contribution is 0.0917. The zero-order valence-electron chi connectivity index (χ0n) is 20.2. The molecule has 6 rings (SSSR count). The van der Waals surface area contributed by atoms with Gasteiger partial charge >= 0.3 is 0 Å². The van der Waals surface area contributed by atoms with E-state index in [1.54, 1.807) is 17.0 Å². The Kier molecular flexibility index (Phi) is 6.44. The summed E-state index contributed by atoms with van der Waals surface area (Å²) in [5, 5.41) is 0.614. The first-order valence-electron chi connectivity index (χ1n) is 12.5. The summed E-state index contributed by atoms with van der Waals surface area (Å²) in [4.78, 5) is 20.3. The van der Waals surface area contributed by atoms with E-state index in [4.69, 9.17) is 9.72 Å². The summed E-state index contributed by atoms with van der Waals surface area (Å²) in [5.41, 5.74) is 3.02. The van der Waals surface area contributed by atoms with Crippen LogP contribution in [0, 0.1) is 0 Å². The number of para-hydroxylation sites is 2. The zero-order valence-corrected chi connectivity index (χ0v) is 21.9. The third-order valence-corrected chi connectivity index (χ3v) is 9.81. The lowest BCUT2D eigenvalue weighted by Gasteiger charge is -2.30. The van der Waals surface area contributed by atoms with Crippen LogP contribution < -0.4 is 9.21 Å². The second-order valence-corrected chi connectivity index (χ2v) is 12.2. The van der Waals surface area contributed by atoms with Crippen molar-refractivity contribution in [1.29, 1.82) is 0 Å². The van der Waals surface area contributed by atoms with E-state index in [-0.39, 0.29) is 16.9 Å². The van der Waals surface area contributed by atoms with Crippen LogP contribution >= 0.6 is 11.3 Å². The van der Waals surface area contributed by atoms with Crippen LogP contribution in [0.3, 0.4) is 0 Å². The van der Waals surface area contributed by atoms with E-state index in [9.17, 15) is 13.2 Å². The van der Waals surface area contributed by atoms with Crippen LogP contribution in [0.5, 0.6) is 0 Å². The Bertz CT molecular complexity index is 1510. The van der Waals surface area contributed by atoms with E-state index in [0.29, 0.717) is 30.4 Å². The SMILES string of the molecule is O=C(c1ccc(S(=O)(=O)N2CCCc3ccccc32)cc1)N(CC1CCCO1)c1nc2ccccc2s1. The summed E-state index contributed by atoms with van der Waals surface area (Å²) in [5.74, 6) is -0.221. The van der Waals surface area contributed by atoms with Crippen molar-refractivity contribution in [2.75, 3.05) is 28.9 Å². The molecule has 0 spiro atoms. The minimum atomic E-state index is -3.75. The molecule has 2 aliphatic heterocycles. The highest BCUT2D eigenvalue weighted by molar-refractivity contribution is 7.92. The van der Waals surface area contributed by atoms with Crippen LogP contribution in [0.4, 0.5) is 10.8 Å². The van der Waals surface area contributed by atoms with Crippen molar-refractivity contribution in [2.45, 2.75) is 36.7 Å². The van der Waals surface area contributed by atoms with Gasteiger partial charge in [0, 0.05) is 18.7 Å². The normalized spacial score (nSPS) is 17.6. The van der Waals surface area contributed by atoms with Crippen LogP contribution in [0.25, 0.3) is 10.2 Å². The van der Waals surface area contributed by atoms with Gasteiger partial charge < -0.3 is 4.74 Å². The van der Waals surface area contributed by atoms with Crippen molar-refractivity contribution in [2.24, 2.45) is 0 Å². The van der Waals surface area contributed by atoms with Crippen molar-refractivity contribution in [3.63, 3.8) is 0 Å². The maximum Gasteiger partial charge on any atom is 0.264 e. The number of aromatic nitrogens is 1. The highest BCUT2D eigenvalue weighted by Crippen LogP contribution is 2.33. The molecule has 190 valence electrons. The van der Waals surface area contributed by atoms with E-state index < -0.39 is 10.0 Å². The highest BCUT2D eigenvalue weighted by atomic mass is 32.2. The van der Waals surface area contributed by atoms with Crippen molar-refractivity contribution in [3.05, 3.63) is 83.9 Å². The standard InChI is InChI=1S/C28H27N3O4S2/c32-27(30(19-22-9-6-18-35-22)28-29-24-10-2-4-12-26(24)36-28)21-13-15-23(16-14-21)37(33,34)31-17-5-8-20-7-1-3-11-25(20)31/h1-4,7,10-16,22H,5-6,8-9,17-19H2. The predicted molar refractivity (Wildman–Crippen MR) is 146 cm³/mol. The van der Waals surface area contributed by atoms with Gasteiger partial charge in [-0.15, -0.1) is 0 Å². The Morgan fingerprint density at radius 1 is 1.03 bits per heavy atom. The largest absolute Gasteiger partial charge is 0.376 e. The van der Waals surface area contributed by atoms with Crippen LogP contribution in [0.15, 0.2) is 77.7 Å². The fourth-order valence-electron chi connectivity index (χ4n) is 5.02. The molecule has 1 atom stereocenters. The molecule has 37 heavy (non-hydrogen) atoms. The van der Waals surface area contributed by atoms with E-state index in [1.807, 2.05) is 48.5 Å². The molecule has 1 unspecified atom stereocenters. The van der Waals surface area contributed by atoms with Gasteiger partial charge in [0.05, 0.1) is 33.4 Å². The summed E-state index contributed by atoms with van der Waals surface area (Å²) in [6.07, 6.45) is 3.45. The van der Waals surface area contributed by atoms with Gasteiger partial charge in [-0.25, -0.2) is 13.4 Å². The lowest BCUT2D eigenvalue weighted by Crippen LogP contribution is -2.37. The average molecular weight is 534 g/mol. The quantitative estimate of drug-likeness (QED) is 0.338. The molecule has 0 aliphatic carbocycles. The number of rotatable bonds is 6. The summed E-state index contributed by atoms with van der Waals surface area (Å²) in [7, 11) is -3.75. The minimum absolute atomic E-state index is 0.0465. The first-order chi connectivity index (χ1) is 18.0. The number of aryl methyl sites for hydroxylation is 1. The van der Waals surface area contributed by atoms with E-state index in [2.05, 4.69) is 0 Å². The number of hydrogen-bond donors (Lipinski definition) is 0. The fourth-order valence-corrected chi connectivity index (χ4v) is 7.53. The van der Waals surface area contributed by atoms with Gasteiger partial charge in [0.25, 0.3) is 15.9 Å². The smallest absolute Gasteiger partial charge is 0.264 e. The number of ether oxygens (including phenoxy) is 1. The Balaban J connectivity index is 1.30. The fraction of sp³-hybridized carbons (Fsp3) is 0.286. The lowest BCUT2D eigenvalue weighted by atomic mass is 10.0. The second-order valence-electron chi connectivity index (χ2n) is 9.35. The number of anilines is 2. The Labute approximate surface area is 220 Å². The van der Waals surface area contributed by atoms with Gasteiger partial charge in [-0.2, -0.15) is 0 Å². The molecular formula is C28H27N3O4S2. The van der Waals surface area contributed by atoms with Crippen LogP contribution in [-0.2, 0) is 21.2 Å². The number of carbonyl (C=O) groups is 1. The van der Waals surface area contributed by atoms with E-state index in [1.165, 1.54) is 27.8 Å². The van der Waals surface area contributed by atoms with Crippen molar-refractivity contribution in [1.82, 2.24) is 4.98 Å². The van der Waals surface area contributed by atoms with Gasteiger partial charge in [0.15, 0.2) is 5.13 Å². The van der Waals surface area contributed by atoms with Gasteiger partial charge in [-0.1, -0.05) is 41.7 Å². The predicted octanol–water partition coefficient (Wildman–Crippen LogP) is 5.26. The molecule has 3 aromatic carbocycles. The van der Waals surface area contributed by atoms with Crippen molar-refractivity contribution >= 4 is 48.3 Å². The number of amides is 1. The number of sulfonamides is 1. The average Bonchev–Trinajstić information content (AvgIpc) is 3.61. The maximum absolute atomic E-state index is 13.7. The van der Waals surface area contributed by atoms with Crippen molar-refractivity contribution in [3.8, 4) is 0 Å². The zero-order chi connectivity index (χ0) is 25.4. The number of nitrogens with zero attached hydrogens (tertiary/aromatic N) is 3. The number of benzene rings is 3. The Hall–Kier alpha value is -3.27. The van der Waals surface area contributed by atoms with Gasteiger partial charge in [-0.05, 0) is 73.7 Å².